The standard InChI is InChI=1S/C15H16FN3O/c1-10-13(16)8-12(9-14(10)17)15(20)19-7-4-11-2-5-18-6-3-11/h2-3,5-6,8-9H,4,7,17H2,1H3,(H,19,20). The van der Waals surface area contributed by atoms with Gasteiger partial charge in [-0.2, -0.15) is 0 Å². The van der Waals surface area contributed by atoms with E-state index in [4.69, 9.17) is 5.73 Å². The van der Waals surface area contributed by atoms with E-state index in [1.165, 1.54) is 12.1 Å². The summed E-state index contributed by atoms with van der Waals surface area (Å²) in [6.07, 6.45) is 4.10. The van der Waals surface area contributed by atoms with Gasteiger partial charge in [-0.1, -0.05) is 0 Å². The Morgan fingerprint density at radius 2 is 2.05 bits per heavy atom. The summed E-state index contributed by atoms with van der Waals surface area (Å²) in [5.41, 5.74) is 7.61. The maximum absolute atomic E-state index is 13.5. The minimum absolute atomic E-state index is 0.236. The number of pyridine rings is 1. The molecule has 1 aromatic carbocycles. The normalized spacial score (nSPS) is 10.3. The molecule has 2 rings (SSSR count). The van der Waals surface area contributed by atoms with Crippen molar-refractivity contribution in [1.82, 2.24) is 10.3 Å². The predicted octanol–water partition coefficient (Wildman–Crippen LogP) is 2.08. The summed E-state index contributed by atoms with van der Waals surface area (Å²) in [4.78, 5) is 15.8. The summed E-state index contributed by atoms with van der Waals surface area (Å²) in [5, 5.41) is 2.74. The van der Waals surface area contributed by atoms with E-state index in [0.717, 1.165) is 5.56 Å². The van der Waals surface area contributed by atoms with Crippen molar-refractivity contribution < 1.29 is 9.18 Å². The average molecular weight is 273 g/mol. The van der Waals surface area contributed by atoms with Gasteiger partial charge in [-0.3, -0.25) is 9.78 Å². The highest BCUT2D eigenvalue weighted by Crippen LogP contribution is 2.17. The van der Waals surface area contributed by atoms with Crippen LogP contribution in [0.5, 0.6) is 0 Å². The first-order valence-electron chi connectivity index (χ1n) is 6.30. The molecule has 0 saturated carbocycles. The van der Waals surface area contributed by atoms with Crippen LogP contribution >= 0.6 is 0 Å². The van der Waals surface area contributed by atoms with Gasteiger partial charge in [-0.25, -0.2) is 4.39 Å². The lowest BCUT2D eigenvalue weighted by molar-refractivity contribution is 0.0953. The van der Waals surface area contributed by atoms with Crippen molar-refractivity contribution in [3.63, 3.8) is 0 Å². The van der Waals surface area contributed by atoms with Crippen molar-refractivity contribution >= 4 is 11.6 Å². The van der Waals surface area contributed by atoms with E-state index in [0.29, 0.717) is 18.5 Å². The number of benzene rings is 1. The average Bonchev–Trinajstić information content (AvgIpc) is 2.45. The monoisotopic (exact) mass is 273 g/mol. The second-order valence-corrected chi connectivity index (χ2v) is 4.53. The number of rotatable bonds is 4. The third kappa shape index (κ3) is 3.32. The summed E-state index contributed by atoms with van der Waals surface area (Å²) in [6, 6.07) is 6.46. The number of nitrogens with zero attached hydrogens (tertiary/aromatic N) is 1. The lowest BCUT2D eigenvalue weighted by atomic mass is 10.1. The zero-order chi connectivity index (χ0) is 14.5. The van der Waals surface area contributed by atoms with Crippen molar-refractivity contribution in [2.75, 3.05) is 12.3 Å². The van der Waals surface area contributed by atoms with Crippen LogP contribution in [0.15, 0.2) is 36.7 Å². The van der Waals surface area contributed by atoms with Gasteiger partial charge in [0.1, 0.15) is 5.82 Å². The molecule has 5 heteroatoms. The van der Waals surface area contributed by atoms with Gasteiger partial charge in [0.05, 0.1) is 0 Å². The molecule has 3 N–H and O–H groups in total. The largest absolute Gasteiger partial charge is 0.398 e. The van der Waals surface area contributed by atoms with Crippen LogP contribution in [0.25, 0.3) is 0 Å². The molecular formula is C15H16FN3O. The molecule has 1 aromatic heterocycles. The second kappa shape index (κ2) is 6.14. The molecule has 0 aliphatic rings. The van der Waals surface area contributed by atoms with Crippen molar-refractivity contribution in [2.45, 2.75) is 13.3 Å². The van der Waals surface area contributed by atoms with Gasteiger partial charge >= 0.3 is 0 Å². The highest BCUT2D eigenvalue weighted by atomic mass is 19.1. The number of nitrogens with one attached hydrogen (secondary N) is 1. The summed E-state index contributed by atoms with van der Waals surface area (Å²) in [7, 11) is 0. The fourth-order valence-corrected chi connectivity index (χ4v) is 1.80. The van der Waals surface area contributed by atoms with Crippen molar-refractivity contribution in [3.8, 4) is 0 Å². The Bertz CT molecular complexity index is 591. The third-order valence-electron chi connectivity index (χ3n) is 3.10. The lowest BCUT2D eigenvalue weighted by Gasteiger charge is -2.08. The Hall–Kier alpha value is -2.43. The SMILES string of the molecule is Cc1c(N)cc(C(=O)NCCc2ccncc2)cc1F. The maximum atomic E-state index is 13.5. The molecule has 20 heavy (non-hydrogen) atoms. The number of carbonyl (C=O) groups is 1. The van der Waals surface area contributed by atoms with Crippen LogP contribution in [0.4, 0.5) is 10.1 Å². The molecule has 0 aliphatic heterocycles. The smallest absolute Gasteiger partial charge is 0.251 e. The van der Waals surface area contributed by atoms with Crippen LogP contribution < -0.4 is 11.1 Å². The van der Waals surface area contributed by atoms with E-state index in [-0.39, 0.29) is 17.2 Å². The minimum atomic E-state index is -0.468. The van der Waals surface area contributed by atoms with Crippen molar-refractivity contribution in [1.29, 1.82) is 0 Å². The molecule has 0 atom stereocenters. The van der Waals surface area contributed by atoms with E-state index in [1.807, 2.05) is 12.1 Å². The number of carbonyl (C=O) groups excluding carboxylic acids is 1. The number of hydrogen-bond donors (Lipinski definition) is 2. The first-order chi connectivity index (χ1) is 9.58. The summed E-state index contributed by atoms with van der Waals surface area (Å²) >= 11 is 0. The van der Waals surface area contributed by atoms with Gasteiger partial charge < -0.3 is 11.1 Å². The predicted molar refractivity (Wildman–Crippen MR) is 75.8 cm³/mol. The van der Waals surface area contributed by atoms with Crippen LogP contribution in [0, 0.1) is 12.7 Å². The maximum Gasteiger partial charge on any atom is 0.251 e. The molecule has 1 amide bonds. The zero-order valence-electron chi connectivity index (χ0n) is 11.2. The molecule has 0 bridgehead atoms. The van der Waals surface area contributed by atoms with Crippen LogP contribution in [0.1, 0.15) is 21.5 Å². The number of aromatic nitrogens is 1. The molecule has 0 radical (unpaired) electrons. The quantitative estimate of drug-likeness (QED) is 0.838. The number of nitrogen functional groups attached to an aromatic ring is 1. The zero-order valence-corrected chi connectivity index (χ0v) is 11.2. The highest BCUT2D eigenvalue weighted by molar-refractivity contribution is 5.95. The topological polar surface area (TPSA) is 68.0 Å². The molecule has 0 spiro atoms. The molecule has 4 nitrogen and oxygen atoms in total. The third-order valence-corrected chi connectivity index (χ3v) is 3.10. The van der Waals surface area contributed by atoms with E-state index < -0.39 is 5.82 Å². The van der Waals surface area contributed by atoms with Gasteiger partial charge in [0.25, 0.3) is 5.91 Å². The molecular weight excluding hydrogens is 257 g/mol. The van der Waals surface area contributed by atoms with E-state index >= 15 is 0 Å². The lowest BCUT2D eigenvalue weighted by Crippen LogP contribution is -2.26. The van der Waals surface area contributed by atoms with Crippen molar-refractivity contribution in [3.05, 3.63) is 59.2 Å². The Morgan fingerprint density at radius 3 is 2.70 bits per heavy atom. The highest BCUT2D eigenvalue weighted by Gasteiger charge is 2.10. The number of amides is 1. The number of anilines is 1. The summed E-state index contributed by atoms with van der Waals surface area (Å²) in [6.45, 7) is 2.05. The molecule has 0 fully saturated rings. The molecule has 0 unspecified atom stereocenters. The number of hydrogen-bond acceptors (Lipinski definition) is 3. The van der Waals surface area contributed by atoms with Crippen LogP contribution in [-0.4, -0.2) is 17.4 Å². The Balaban J connectivity index is 1.95. The fraction of sp³-hybridized carbons (Fsp3) is 0.200. The van der Waals surface area contributed by atoms with E-state index in [2.05, 4.69) is 10.3 Å². The van der Waals surface area contributed by atoms with Gasteiger partial charge in [0.15, 0.2) is 0 Å². The van der Waals surface area contributed by atoms with Gasteiger partial charge in [0, 0.05) is 35.8 Å². The van der Waals surface area contributed by atoms with Crippen LogP contribution in [0.3, 0.4) is 0 Å². The number of halogens is 1. The molecule has 0 saturated heterocycles. The molecule has 1 heterocycles. The molecule has 0 aliphatic carbocycles. The molecule has 2 aromatic rings. The van der Waals surface area contributed by atoms with E-state index in [1.54, 1.807) is 19.3 Å². The van der Waals surface area contributed by atoms with Gasteiger partial charge in [0.2, 0.25) is 0 Å². The van der Waals surface area contributed by atoms with Gasteiger partial charge in [-0.15, -0.1) is 0 Å². The minimum Gasteiger partial charge on any atom is -0.398 e. The second-order valence-electron chi connectivity index (χ2n) is 4.53. The Morgan fingerprint density at radius 1 is 1.35 bits per heavy atom. The number of nitrogens with two attached hydrogens (primary N) is 1. The van der Waals surface area contributed by atoms with Crippen molar-refractivity contribution in [2.24, 2.45) is 0 Å². The Labute approximate surface area is 116 Å². The van der Waals surface area contributed by atoms with Crippen LogP contribution in [0.2, 0.25) is 0 Å². The van der Waals surface area contributed by atoms with Gasteiger partial charge in [-0.05, 0) is 43.2 Å². The summed E-state index contributed by atoms with van der Waals surface area (Å²) in [5.74, 6) is -0.797. The molecule has 104 valence electrons. The fourth-order valence-electron chi connectivity index (χ4n) is 1.80. The Kier molecular flexibility index (Phi) is 4.30. The van der Waals surface area contributed by atoms with E-state index in [9.17, 15) is 9.18 Å². The first-order valence-corrected chi connectivity index (χ1v) is 6.30. The summed E-state index contributed by atoms with van der Waals surface area (Å²) < 4.78 is 13.5. The first kappa shape index (κ1) is 14.0. The van der Waals surface area contributed by atoms with Crippen LogP contribution in [-0.2, 0) is 6.42 Å².